The molecule has 17 heavy (non-hydrogen) atoms. The zero-order valence-corrected chi connectivity index (χ0v) is 10.7. The monoisotopic (exact) mass is 255 g/mol. The molecular formula is C12H17NO3S. The molecule has 2 rings (SSSR count). The first-order valence-corrected chi connectivity index (χ1v) is 7.16. The molecule has 0 bridgehead atoms. The van der Waals surface area contributed by atoms with Crippen LogP contribution >= 0.6 is 0 Å². The van der Waals surface area contributed by atoms with Gasteiger partial charge in [-0.05, 0) is 25.3 Å². The molecule has 1 aliphatic heterocycles. The number of nitrogens with zero attached hydrogens (tertiary/aromatic N) is 1. The summed E-state index contributed by atoms with van der Waals surface area (Å²) < 4.78 is 29.2. The van der Waals surface area contributed by atoms with Crippen molar-refractivity contribution in [1.82, 2.24) is 4.31 Å². The van der Waals surface area contributed by atoms with Crippen molar-refractivity contribution in [2.75, 3.05) is 13.2 Å². The number of rotatable bonds is 4. The quantitative estimate of drug-likeness (QED) is 0.820. The van der Waals surface area contributed by atoms with E-state index in [1.807, 2.05) is 25.1 Å². The van der Waals surface area contributed by atoms with Gasteiger partial charge in [-0.3, -0.25) is 4.18 Å². The second-order valence-corrected chi connectivity index (χ2v) is 5.85. The average Bonchev–Trinajstić information content (AvgIpc) is 2.57. The fourth-order valence-electron chi connectivity index (χ4n) is 1.97. The topological polar surface area (TPSA) is 46.6 Å². The molecule has 1 atom stereocenters. The van der Waals surface area contributed by atoms with Gasteiger partial charge in [0.15, 0.2) is 0 Å². The van der Waals surface area contributed by atoms with Crippen LogP contribution in [0.15, 0.2) is 30.3 Å². The first kappa shape index (κ1) is 12.5. The minimum Gasteiger partial charge on any atom is -0.256 e. The van der Waals surface area contributed by atoms with Crippen LogP contribution in [0.1, 0.15) is 18.9 Å². The Kier molecular flexibility index (Phi) is 3.81. The van der Waals surface area contributed by atoms with Crippen molar-refractivity contribution in [3.8, 4) is 0 Å². The lowest BCUT2D eigenvalue weighted by Crippen LogP contribution is -2.32. The number of aryl methyl sites for hydroxylation is 1. The minimum absolute atomic E-state index is 0.0456. The van der Waals surface area contributed by atoms with Gasteiger partial charge in [0.25, 0.3) is 0 Å². The predicted octanol–water partition coefficient (Wildman–Crippen LogP) is 1.58. The minimum atomic E-state index is -3.46. The van der Waals surface area contributed by atoms with Crippen LogP contribution in [0.3, 0.4) is 0 Å². The van der Waals surface area contributed by atoms with E-state index in [0.29, 0.717) is 6.54 Å². The van der Waals surface area contributed by atoms with Crippen LogP contribution < -0.4 is 0 Å². The van der Waals surface area contributed by atoms with Crippen LogP contribution in [0.2, 0.25) is 0 Å². The van der Waals surface area contributed by atoms with E-state index in [2.05, 4.69) is 12.1 Å². The van der Waals surface area contributed by atoms with Gasteiger partial charge in [0, 0.05) is 12.6 Å². The molecule has 1 aromatic rings. The number of hydrogen-bond donors (Lipinski definition) is 0. The second kappa shape index (κ2) is 5.16. The predicted molar refractivity (Wildman–Crippen MR) is 65.8 cm³/mol. The highest BCUT2D eigenvalue weighted by Crippen LogP contribution is 2.18. The number of hydrogen-bond acceptors (Lipinski definition) is 3. The van der Waals surface area contributed by atoms with E-state index < -0.39 is 10.3 Å². The summed E-state index contributed by atoms with van der Waals surface area (Å²) in [4.78, 5) is 0. The molecule has 1 heterocycles. The van der Waals surface area contributed by atoms with Gasteiger partial charge in [0.1, 0.15) is 0 Å². The largest absolute Gasteiger partial charge is 0.338 e. The molecular weight excluding hydrogens is 238 g/mol. The van der Waals surface area contributed by atoms with Gasteiger partial charge in [-0.15, -0.1) is 0 Å². The molecule has 1 saturated heterocycles. The van der Waals surface area contributed by atoms with Gasteiger partial charge < -0.3 is 0 Å². The summed E-state index contributed by atoms with van der Waals surface area (Å²) in [6.45, 7) is 2.67. The van der Waals surface area contributed by atoms with Crippen molar-refractivity contribution in [2.45, 2.75) is 25.8 Å². The van der Waals surface area contributed by atoms with Crippen LogP contribution in [-0.4, -0.2) is 31.9 Å². The summed E-state index contributed by atoms with van der Waals surface area (Å²) in [5.41, 5.74) is 1.23. The molecule has 0 saturated carbocycles. The lowest BCUT2D eigenvalue weighted by atomic mass is 10.1. The Labute approximate surface area is 102 Å². The summed E-state index contributed by atoms with van der Waals surface area (Å²) in [6.07, 6.45) is 1.70. The standard InChI is InChI=1S/C12H17NO3S/c1-11-10-16-17(14,15)13(11)9-5-8-12-6-3-2-4-7-12/h2-4,6-7,11H,5,8-10H2,1H3/t11-/m0/s1. The SMILES string of the molecule is C[C@H]1COS(=O)(=O)N1CCCc1ccccc1. The van der Waals surface area contributed by atoms with Gasteiger partial charge in [0.05, 0.1) is 6.61 Å². The van der Waals surface area contributed by atoms with Crippen molar-refractivity contribution in [1.29, 1.82) is 0 Å². The maximum Gasteiger partial charge on any atom is 0.338 e. The molecule has 0 unspecified atom stereocenters. The molecule has 0 amide bonds. The van der Waals surface area contributed by atoms with Crippen molar-refractivity contribution in [3.63, 3.8) is 0 Å². The Hall–Kier alpha value is -0.910. The first-order chi connectivity index (χ1) is 8.09. The van der Waals surface area contributed by atoms with Crippen LogP contribution in [-0.2, 0) is 20.9 Å². The maximum atomic E-state index is 11.5. The van der Waals surface area contributed by atoms with Gasteiger partial charge in [-0.25, -0.2) is 0 Å². The molecule has 1 aromatic carbocycles. The Morgan fingerprint density at radius 1 is 1.35 bits per heavy atom. The summed E-state index contributed by atoms with van der Waals surface area (Å²) >= 11 is 0. The highest BCUT2D eigenvalue weighted by atomic mass is 32.2. The summed E-state index contributed by atoms with van der Waals surface area (Å²) in [6, 6.07) is 10.0. The lowest BCUT2D eigenvalue weighted by Gasteiger charge is -2.16. The van der Waals surface area contributed by atoms with E-state index >= 15 is 0 Å². The molecule has 0 aliphatic carbocycles. The van der Waals surface area contributed by atoms with Crippen molar-refractivity contribution in [3.05, 3.63) is 35.9 Å². The van der Waals surface area contributed by atoms with E-state index in [1.165, 1.54) is 9.87 Å². The maximum absolute atomic E-state index is 11.5. The fourth-order valence-corrected chi connectivity index (χ4v) is 3.33. The summed E-state index contributed by atoms with van der Waals surface area (Å²) in [7, 11) is -3.46. The Balaban J connectivity index is 1.87. The van der Waals surface area contributed by atoms with Crippen LogP contribution in [0.5, 0.6) is 0 Å². The average molecular weight is 255 g/mol. The molecule has 0 aromatic heterocycles. The van der Waals surface area contributed by atoms with E-state index in [1.54, 1.807) is 0 Å². The molecule has 1 aliphatic rings. The smallest absolute Gasteiger partial charge is 0.256 e. The van der Waals surface area contributed by atoms with Crippen molar-refractivity contribution in [2.24, 2.45) is 0 Å². The third-order valence-electron chi connectivity index (χ3n) is 2.92. The van der Waals surface area contributed by atoms with E-state index in [0.717, 1.165) is 12.8 Å². The Morgan fingerprint density at radius 2 is 2.06 bits per heavy atom. The third kappa shape index (κ3) is 3.06. The van der Waals surface area contributed by atoms with Gasteiger partial charge in [-0.1, -0.05) is 30.3 Å². The Morgan fingerprint density at radius 3 is 2.65 bits per heavy atom. The van der Waals surface area contributed by atoms with Crippen LogP contribution in [0.4, 0.5) is 0 Å². The highest BCUT2D eigenvalue weighted by Gasteiger charge is 2.35. The zero-order valence-electron chi connectivity index (χ0n) is 9.87. The second-order valence-electron chi connectivity index (χ2n) is 4.29. The molecule has 4 nitrogen and oxygen atoms in total. The number of benzene rings is 1. The fraction of sp³-hybridized carbons (Fsp3) is 0.500. The van der Waals surface area contributed by atoms with Crippen LogP contribution in [0.25, 0.3) is 0 Å². The summed E-state index contributed by atoms with van der Waals surface area (Å²) in [5, 5.41) is 0. The van der Waals surface area contributed by atoms with Crippen molar-refractivity contribution >= 4 is 10.3 Å². The molecule has 5 heteroatoms. The molecule has 1 fully saturated rings. The molecule has 0 radical (unpaired) electrons. The third-order valence-corrected chi connectivity index (χ3v) is 4.47. The highest BCUT2D eigenvalue weighted by molar-refractivity contribution is 7.84. The Bertz CT molecular complexity index is 458. The van der Waals surface area contributed by atoms with E-state index in [4.69, 9.17) is 4.18 Å². The molecule has 0 N–H and O–H groups in total. The van der Waals surface area contributed by atoms with E-state index in [9.17, 15) is 8.42 Å². The summed E-state index contributed by atoms with van der Waals surface area (Å²) in [5.74, 6) is 0. The molecule has 0 spiro atoms. The van der Waals surface area contributed by atoms with E-state index in [-0.39, 0.29) is 12.6 Å². The van der Waals surface area contributed by atoms with Gasteiger partial charge >= 0.3 is 10.3 Å². The van der Waals surface area contributed by atoms with Crippen molar-refractivity contribution < 1.29 is 12.6 Å². The zero-order chi connectivity index (χ0) is 12.3. The molecule has 94 valence electrons. The lowest BCUT2D eigenvalue weighted by molar-refractivity contribution is 0.323. The first-order valence-electron chi connectivity index (χ1n) is 5.80. The van der Waals surface area contributed by atoms with Gasteiger partial charge in [-0.2, -0.15) is 12.7 Å². The normalized spacial score (nSPS) is 23.9. The van der Waals surface area contributed by atoms with Crippen LogP contribution in [0, 0.1) is 0 Å². The van der Waals surface area contributed by atoms with Gasteiger partial charge in [0.2, 0.25) is 0 Å².